The summed E-state index contributed by atoms with van der Waals surface area (Å²) in [5.74, 6) is 0.576. The van der Waals surface area contributed by atoms with E-state index in [-0.39, 0.29) is 12.2 Å². The summed E-state index contributed by atoms with van der Waals surface area (Å²) in [4.78, 5) is 0. The lowest BCUT2D eigenvalue weighted by molar-refractivity contribution is -0.0613. The molecule has 0 bridgehead atoms. The Morgan fingerprint density at radius 1 is 0.824 bits per heavy atom. The molecule has 3 nitrogen and oxygen atoms in total. The first-order valence-electron chi connectivity index (χ1n) is 6.87. The number of hydrogen-bond acceptors (Lipinski definition) is 3. The molecule has 17 heavy (non-hydrogen) atoms. The Hall–Kier alpha value is -0.120. The van der Waals surface area contributed by atoms with Crippen LogP contribution in [0.15, 0.2) is 0 Å². The molecule has 104 valence electrons. The van der Waals surface area contributed by atoms with Crippen molar-refractivity contribution in [3.63, 3.8) is 0 Å². The summed E-state index contributed by atoms with van der Waals surface area (Å²) in [6, 6.07) is 0. The van der Waals surface area contributed by atoms with Crippen LogP contribution in [0.3, 0.4) is 0 Å². The van der Waals surface area contributed by atoms with E-state index in [1.807, 2.05) is 13.8 Å². The number of rotatable bonds is 11. The average molecular weight is 246 g/mol. The maximum absolute atomic E-state index is 5.67. The molecule has 2 atom stereocenters. The van der Waals surface area contributed by atoms with Gasteiger partial charge in [-0.2, -0.15) is 0 Å². The van der Waals surface area contributed by atoms with Crippen molar-refractivity contribution in [2.45, 2.75) is 59.7 Å². The molecule has 0 saturated carbocycles. The summed E-state index contributed by atoms with van der Waals surface area (Å²) in [6.45, 7) is 13.5. The van der Waals surface area contributed by atoms with Crippen LogP contribution >= 0.6 is 0 Å². The number of unbranched alkanes of at least 4 members (excludes halogenated alkanes) is 1. The molecule has 0 aromatic carbocycles. The van der Waals surface area contributed by atoms with Gasteiger partial charge in [-0.15, -0.1) is 0 Å². The van der Waals surface area contributed by atoms with E-state index in [1.54, 1.807) is 0 Å². The summed E-state index contributed by atoms with van der Waals surface area (Å²) < 4.78 is 16.8. The molecule has 0 rings (SSSR count). The standard InChI is InChI=1S/C14H30O3/c1-6-7-8-15-10-13(4)17-11-14(5)16-9-12(2)3/h12-14H,6-11H2,1-5H3. The zero-order valence-electron chi connectivity index (χ0n) is 12.2. The molecule has 0 N–H and O–H groups in total. The monoisotopic (exact) mass is 246 g/mol. The Morgan fingerprint density at radius 3 is 2.00 bits per heavy atom. The Balaban J connectivity index is 3.38. The van der Waals surface area contributed by atoms with Gasteiger partial charge in [0.1, 0.15) is 0 Å². The first-order valence-corrected chi connectivity index (χ1v) is 6.87. The Morgan fingerprint density at radius 2 is 1.41 bits per heavy atom. The molecule has 0 heterocycles. The first kappa shape index (κ1) is 16.9. The maximum atomic E-state index is 5.67. The van der Waals surface area contributed by atoms with Crippen LogP contribution in [-0.4, -0.2) is 38.6 Å². The molecule has 0 aromatic rings. The van der Waals surface area contributed by atoms with Gasteiger partial charge in [0.15, 0.2) is 0 Å². The summed E-state index contributed by atoms with van der Waals surface area (Å²) in [7, 11) is 0. The van der Waals surface area contributed by atoms with Crippen LogP contribution in [0.5, 0.6) is 0 Å². The quantitative estimate of drug-likeness (QED) is 0.524. The average Bonchev–Trinajstić information content (AvgIpc) is 2.29. The van der Waals surface area contributed by atoms with Crippen molar-refractivity contribution < 1.29 is 14.2 Å². The smallest absolute Gasteiger partial charge is 0.0781 e. The van der Waals surface area contributed by atoms with Crippen molar-refractivity contribution in [1.82, 2.24) is 0 Å². The van der Waals surface area contributed by atoms with E-state index < -0.39 is 0 Å². The number of ether oxygens (including phenoxy) is 3. The van der Waals surface area contributed by atoms with Gasteiger partial charge in [0.25, 0.3) is 0 Å². The van der Waals surface area contributed by atoms with Crippen molar-refractivity contribution in [2.75, 3.05) is 26.4 Å². The van der Waals surface area contributed by atoms with Crippen molar-refractivity contribution in [3.05, 3.63) is 0 Å². The fraction of sp³-hybridized carbons (Fsp3) is 1.00. The highest BCUT2D eigenvalue weighted by molar-refractivity contribution is 4.53. The van der Waals surface area contributed by atoms with Crippen molar-refractivity contribution >= 4 is 0 Å². The van der Waals surface area contributed by atoms with Gasteiger partial charge in [-0.25, -0.2) is 0 Å². The van der Waals surface area contributed by atoms with Gasteiger partial charge < -0.3 is 14.2 Å². The summed E-state index contributed by atoms with van der Waals surface area (Å²) >= 11 is 0. The molecular weight excluding hydrogens is 216 g/mol. The minimum Gasteiger partial charge on any atom is -0.379 e. The topological polar surface area (TPSA) is 27.7 Å². The molecule has 0 aliphatic heterocycles. The van der Waals surface area contributed by atoms with Crippen LogP contribution in [-0.2, 0) is 14.2 Å². The van der Waals surface area contributed by atoms with E-state index in [4.69, 9.17) is 14.2 Å². The minimum absolute atomic E-state index is 0.150. The maximum Gasteiger partial charge on any atom is 0.0781 e. The molecule has 0 aliphatic rings. The molecule has 0 amide bonds. The lowest BCUT2D eigenvalue weighted by Crippen LogP contribution is -2.24. The largest absolute Gasteiger partial charge is 0.379 e. The van der Waals surface area contributed by atoms with Crippen LogP contribution in [0.4, 0.5) is 0 Å². The normalized spacial score (nSPS) is 15.2. The van der Waals surface area contributed by atoms with Gasteiger partial charge >= 0.3 is 0 Å². The van der Waals surface area contributed by atoms with E-state index in [0.29, 0.717) is 19.1 Å². The zero-order valence-corrected chi connectivity index (χ0v) is 12.2. The van der Waals surface area contributed by atoms with Gasteiger partial charge in [0.05, 0.1) is 25.4 Å². The van der Waals surface area contributed by atoms with Crippen LogP contribution in [0.1, 0.15) is 47.5 Å². The van der Waals surface area contributed by atoms with Crippen molar-refractivity contribution in [1.29, 1.82) is 0 Å². The summed E-state index contributed by atoms with van der Waals surface area (Å²) in [5.41, 5.74) is 0. The van der Waals surface area contributed by atoms with E-state index in [2.05, 4.69) is 20.8 Å². The van der Waals surface area contributed by atoms with Gasteiger partial charge in [0.2, 0.25) is 0 Å². The molecule has 0 saturated heterocycles. The van der Waals surface area contributed by atoms with Gasteiger partial charge in [-0.05, 0) is 26.2 Å². The van der Waals surface area contributed by atoms with Crippen molar-refractivity contribution in [2.24, 2.45) is 5.92 Å². The molecule has 3 heteroatoms. The molecule has 0 aromatic heterocycles. The Kier molecular flexibility index (Phi) is 10.9. The third-order valence-corrected chi connectivity index (χ3v) is 2.32. The van der Waals surface area contributed by atoms with Crippen LogP contribution in [0.25, 0.3) is 0 Å². The fourth-order valence-corrected chi connectivity index (χ4v) is 1.25. The molecule has 0 radical (unpaired) electrons. The molecule has 0 fully saturated rings. The second-order valence-electron chi connectivity index (χ2n) is 5.11. The SMILES string of the molecule is CCCCOCC(C)OCC(C)OCC(C)C. The third kappa shape index (κ3) is 12.1. The predicted octanol–water partition coefficient (Wildman–Crippen LogP) is 3.27. The number of hydrogen-bond donors (Lipinski definition) is 0. The summed E-state index contributed by atoms with van der Waals surface area (Å²) in [6.07, 6.45) is 2.61. The second-order valence-corrected chi connectivity index (χ2v) is 5.11. The van der Waals surface area contributed by atoms with E-state index >= 15 is 0 Å². The lowest BCUT2D eigenvalue weighted by atomic mass is 10.2. The lowest BCUT2D eigenvalue weighted by Gasteiger charge is -2.18. The minimum atomic E-state index is 0.150. The Labute approximate surface area is 107 Å². The molecule has 2 unspecified atom stereocenters. The highest BCUT2D eigenvalue weighted by atomic mass is 16.6. The second kappa shape index (κ2) is 11.0. The van der Waals surface area contributed by atoms with Gasteiger partial charge in [-0.1, -0.05) is 27.2 Å². The molecular formula is C14H30O3. The molecule has 0 spiro atoms. The van der Waals surface area contributed by atoms with E-state index in [0.717, 1.165) is 19.6 Å². The van der Waals surface area contributed by atoms with E-state index in [9.17, 15) is 0 Å². The van der Waals surface area contributed by atoms with Crippen LogP contribution < -0.4 is 0 Å². The predicted molar refractivity (Wildman–Crippen MR) is 71.4 cm³/mol. The van der Waals surface area contributed by atoms with Crippen LogP contribution in [0, 0.1) is 5.92 Å². The third-order valence-electron chi connectivity index (χ3n) is 2.32. The van der Waals surface area contributed by atoms with Gasteiger partial charge in [-0.3, -0.25) is 0 Å². The Bertz CT molecular complexity index is 160. The van der Waals surface area contributed by atoms with E-state index in [1.165, 1.54) is 6.42 Å². The molecule has 0 aliphatic carbocycles. The van der Waals surface area contributed by atoms with Gasteiger partial charge in [0, 0.05) is 13.2 Å². The fourth-order valence-electron chi connectivity index (χ4n) is 1.25. The summed E-state index contributed by atoms with van der Waals surface area (Å²) in [5, 5.41) is 0. The van der Waals surface area contributed by atoms with Crippen molar-refractivity contribution in [3.8, 4) is 0 Å². The first-order chi connectivity index (χ1) is 8.06. The van der Waals surface area contributed by atoms with Crippen LogP contribution in [0.2, 0.25) is 0 Å². The zero-order chi connectivity index (χ0) is 13.1. The highest BCUT2D eigenvalue weighted by Gasteiger charge is 2.07. The highest BCUT2D eigenvalue weighted by Crippen LogP contribution is 2.01.